The summed E-state index contributed by atoms with van der Waals surface area (Å²) in [6.07, 6.45) is 5.82. The van der Waals surface area contributed by atoms with Gasteiger partial charge in [-0.15, -0.1) is 0 Å². The molecule has 2 amide bonds. The zero-order valence-corrected chi connectivity index (χ0v) is 16.1. The first-order valence-electron chi connectivity index (χ1n) is 9.42. The van der Waals surface area contributed by atoms with Crippen LogP contribution in [0, 0.1) is 12.3 Å². The van der Waals surface area contributed by atoms with E-state index >= 15 is 0 Å². The van der Waals surface area contributed by atoms with Crippen molar-refractivity contribution >= 4 is 11.8 Å². The first-order chi connectivity index (χ1) is 11.8. The molecule has 1 aliphatic heterocycles. The maximum atomic E-state index is 13.2. The quantitative estimate of drug-likeness (QED) is 0.769. The number of nitrogens with zero attached hydrogens (tertiary/aromatic N) is 4. The lowest BCUT2D eigenvalue weighted by molar-refractivity contribution is -0.184. The van der Waals surface area contributed by atoms with Gasteiger partial charge in [0.1, 0.15) is 6.04 Å². The van der Waals surface area contributed by atoms with Gasteiger partial charge < -0.3 is 9.80 Å². The van der Waals surface area contributed by atoms with Crippen LogP contribution in [-0.4, -0.2) is 50.5 Å². The minimum atomic E-state index is -0.432. The van der Waals surface area contributed by atoms with Gasteiger partial charge in [0, 0.05) is 37.9 Å². The van der Waals surface area contributed by atoms with Crippen LogP contribution in [0.5, 0.6) is 0 Å². The minimum Gasteiger partial charge on any atom is -0.339 e. The Kier molecular flexibility index (Phi) is 4.64. The molecule has 1 saturated heterocycles. The molecule has 6 nitrogen and oxygen atoms in total. The van der Waals surface area contributed by atoms with Crippen molar-refractivity contribution in [1.82, 2.24) is 19.6 Å². The summed E-state index contributed by atoms with van der Waals surface area (Å²) < 4.78 is 1.90. The number of hydrogen-bond acceptors (Lipinski definition) is 3. The molecule has 1 aliphatic carbocycles. The number of β-lactam (4-membered cyclic amide) rings is 1. The van der Waals surface area contributed by atoms with E-state index in [2.05, 4.69) is 12.0 Å². The Bertz CT molecular complexity index is 673. The molecular weight excluding hydrogens is 316 g/mol. The molecule has 2 fully saturated rings. The average molecular weight is 346 g/mol. The van der Waals surface area contributed by atoms with E-state index in [0.717, 1.165) is 43.5 Å². The van der Waals surface area contributed by atoms with Gasteiger partial charge >= 0.3 is 0 Å². The van der Waals surface area contributed by atoms with Gasteiger partial charge in [-0.05, 0) is 40.5 Å². The van der Waals surface area contributed by atoms with Crippen LogP contribution < -0.4 is 0 Å². The van der Waals surface area contributed by atoms with E-state index in [1.807, 2.05) is 38.7 Å². The van der Waals surface area contributed by atoms with E-state index in [4.69, 9.17) is 0 Å². The fourth-order valence-electron chi connectivity index (χ4n) is 4.49. The van der Waals surface area contributed by atoms with Gasteiger partial charge in [-0.25, -0.2) is 0 Å². The highest BCUT2D eigenvalue weighted by Crippen LogP contribution is 2.52. The number of aryl methyl sites for hydroxylation is 2. The van der Waals surface area contributed by atoms with Crippen molar-refractivity contribution in [2.45, 2.75) is 78.6 Å². The first-order valence-corrected chi connectivity index (χ1v) is 9.42. The molecule has 0 bridgehead atoms. The maximum absolute atomic E-state index is 13.2. The standard InChI is InChI=1S/C19H30N4O2/c1-6-22-12-15(14(4)20-22)11-21(5)17(24)16-19(9-7-8-10-19)18(25)23(16)13(2)3/h12-13,16H,6-11H2,1-5H3. The van der Waals surface area contributed by atoms with Gasteiger partial charge in [-0.3, -0.25) is 14.3 Å². The Labute approximate surface area is 150 Å². The fourth-order valence-corrected chi connectivity index (χ4v) is 4.49. The van der Waals surface area contributed by atoms with Crippen LogP contribution in [0.25, 0.3) is 0 Å². The number of amides is 2. The van der Waals surface area contributed by atoms with Crippen molar-refractivity contribution in [3.05, 3.63) is 17.5 Å². The van der Waals surface area contributed by atoms with E-state index in [9.17, 15) is 9.59 Å². The largest absolute Gasteiger partial charge is 0.339 e. The van der Waals surface area contributed by atoms with Crippen LogP contribution in [0.2, 0.25) is 0 Å². The summed E-state index contributed by atoms with van der Waals surface area (Å²) in [5, 5.41) is 4.46. The Hall–Kier alpha value is -1.85. The summed E-state index contributed by atoms with van der Waals surface area (Å²) in [5.74, 6) is 0.251. The Balaban J connectivity index is 1.79. The van der Waals surface area contributed by atoms with E-state index in [0.29, 0.717) is 6.54 Å². The van der Waals surface area contributed by atoms with Crippen LogP contribution in [-0.2, 0) is 22.7 Å². The summed E-state index contributed by atoms with van der Waals surface area (Å²) >= 11 is 0. The van der Waals surface area contributed by atoms with Gasteiger partial charge in [0.25, 0.3) is 0 Å². The molecule has 6 heteroatoms. The molecule has 3 rings (SSSR count). The van der Waals surface area contributed by atoms with Gasteiger partial charge in [0.05, 0.1) is 11.1 Å². The highest BCUT2D eigenvalue weighted by molar-refractivity contribution is 6.02. The molecule has 1 aromatic heterocycles. The normalized spacial score (nSPS) is 21.9. The number of carbonyl (C=O) groups excluding carboxylic acids is 2. The predicted molar refractivity (Wildman–Crippen MR) is 95.8 cm³/mol. The van der Waals surface area contributed by atoms with Crippen molar-refractivity contribution in [3.63, 3.8) is 0 Å². The zero-order valence-electron chi connectivity index (χ0n) is 16.1. The van der Waals surface area contributed by atoms with Crippen LogP contribution >= 0.6 is 0 Å². The van der Waals surface area contributed by atoms with Gasteiger partial charge in [-0.1, -0.05) is 12.8 Å². The smallest absolute Gasteiger partial charge is 0.246 e. The Morgan fingerprint density at radius 3 is 2.56 bits per heavy atom. The van der Waals surface area contributed by atoms with Crippen molar-refractivity contribution in [2.24, 2.45) is 5.41 Å². The minimum absolute atomic E-state index is 0.0608. The highest BCUT2D eigenvalue weighted by atomic mass is 16.2. The van der Waals surface area contributed by atoms with E-state index < -0.39 is 5.41 Å². The molecule has 2 aliphatic rings. The molecule has 2 heterocycles. The fraction of sp³-hybridized carbons (Fsp3) is 0.737. The molecule has 0 N–H and O–H groups in total. The third kappa shape index (κ3) is 2.75. The molecule has 1 atom stereocenters. The zero-order chi connectivity index (χ0) is 18.4. The lowest BCUT2D eigenvalue weighted by Crippen LogP contribution is -2.74. The number of rotatable bonds is 5. The molecule has 1 unspecified atom stereocenters. The summed E-state index contributed by atoms with van der Waals surface area (Å²) in [6.45, 7) is 9.38. The predicted octanol–water partition coefficient (Wildman–Crippen LogP) is 2.35. The van der Waals surface area contributed by atoms with Crippen LogP contribution in [0.4, 0.5) is 0 Å². The van der Waals surface area contributed by atoms with Crippen molar-refractivity contribution in [1.29, 1.82) is 0 Å². The van der Waals surface area contributed by atoms with E-state index in [1.54, 1.807) is 9.80 Å². The van der Waals surface area contributed by atoms with E-state index in [-0.39, 0.29) is 23.9 Å². The van der Waals surface area contributed by atoms with Gasteiger partial charge in [0.15, 0.2) is 0 Å². The summed E-state index contributed by atoms with van der Waals surface area (Å²) in [6, 6.07) is -0.236. The molecule has 138 valence electrons. The first kappa shape index (κ1) is 18.0. The van der Waals surface area contributed by atoms with Crippen molar-refractivity contribution in [3.8, 4) is 0 Å². The molecule has 25 heavy (non-hydrogen) atoms. The topological polar surface area (TPSA) is 58.4 Å². The summed E-state index contributed by atoms with van der Waals surface area (Å²) in [4.78, 5) is 29.6. The van der Waals surface area contributed by atoms with Crippen LogP contribution in [0.15, 0.2) is 6.20 Å². The second-order valence-corrected chi connectivity index (χ2v) is 7.86. The molecule has 0 radical (unpaired) electrons. The third-order valence-corrected chi connectivity index (χ3v) is 5.90. The average Bonchev–Trinajstić information content (AvgIpc) is 3.19. The lowest BCUT2D eigenvalue weighted by atomic mass is 9.67. The molecule has 1 aromatic rings. The molecule has 1 spiro atoms. The van der Waals surface area contributed by atoms with Gasteiger partial charge in [0.2, 0.25) is 11.8 Å². The maximum Gasteiger partial charge on any atom is 0.246 e. The van der Waals surface area contributed by atoms with Gasteiger partial charge in [-0.2, -0.15) is 5.10 Å². The summed E-state index contributed by atoms with van der Waals surface area (Å²) in [5.41, 5.74) is 1.60. The second kappa shape index (κ2) is 6.46. The third-order valence-electron chi connectivity index (χ3n) is 5.90. The Morgan fingerprint density at radius 2 is 2.04 bits per heavy atom. The van der Waals surface area contributed by atoms with E-state index in [1.165, 1.54) is 0 Å². The number of likely N-dealkylation sites (N-methyl/N-ethyl adjacent to an activating group) is 1. The summed E-state index contributed by atoms with van der Waals surface area (Å²) in [7, 11) is 1.84. The highest BCUT2D eigenvalue weighted by Gasteiger charge is 2.65. The monoisotopic (exact) mass is 346 g/mol. The lowest BCUT2D eigenvalue weighted by Gasteiger charge is -2.56. The SMILES string of the molecule is CCn1cc(CN(C)C(=O)C2N(C(C)C)C(=O)C23CCCC3)c(C)n1. The molecular formula is C19H30N4O2. The van der Waals surface area contributed by atoms with Crippen LogP contribution in [0.3, 0.4) is 0 Å². The number of carbonyl (C=O) groups is 2. The van der Waals surface area contributed by atoms with Crippen LogP contribution in [0.1, 0.15) is 57.7 Å². The number of hydrogen-bond donors (Lipinski definition) is 0. The Morgan fingerprint density at radius 1 is 1.40 bits per heavy atom. The van der Waals surface area contributed by atoms with Crippen molar-refractivity contribution in [2.75, 3.05) is 7.05 Å². The van der Waals surface area contributed by atoms with Crippen molar-refractivity contribution < 1.29 is 9.59 Å². The number of aromatic nitrogens is 2. The number of likely N-dealkylation sites (tertiary alicyclic amines) is 1. The molecule has 1 saturated carbocycles. The molecule has 0 aromatic carbocycles. The second-order valence-electron chi connectivity index (χ2n) is 7.86.